The summed E-state index contributed by atoms with van der Waals surface area (Å²) in [7, 11) is 1.59. The summed E-state index contributed by atoms with van der Waals surface area (Å²) >= 11 is 0. The third kappa shape index (κ3) is 5.86. The normalized spacial score (nSPS) is 15.5. The van der Waals surface area contributed by atoms with Gasteiger partial charge in [0.05, 0.1) is 30.5 Å². The van der Waals surface area contributed by atoms with Crippen molar-refractivity contribution >= 4 is 28.4 Å². The Kier molecular flexibility index (Phi) is 7.16. The highest BCUT2D eigenvalue weighted by atomic mass is 19.4. The Bertz CT molecular complexity index is 1320. The minimum Gasteiger partial charge on any atom is -0.381 e. The number of benzene rings is 2. The molecule has 5 N–H and O–H groups in total. The lowest BCUT2D eigenvalue weighted by molar-refractivity contribution is -0.258. The van der Waals surface area contributed by atoms with Gasteiger partial charge in [-0.05, 0) is 62.7 Å². The van der Waals surface area contributed by atoms with Crippen molar-refractivity contribution in [2.75, 3.05) is 32.0 Å². The van der Waals surface area contributed by atoms with Gasteiger partial charge in [-0.25, -0.2) is 4.68 Å². The van der Waals surface area contributed by atoms with Gasteiger partial charge >= 0.3 is 6.18 Å². The van der Waals surface area contributed by atoms with Crippen LogP contribution in [-0.2, 0) is 4.79 Å². The van der Waals surface area contributed by atoms with E-state index in [-0.39, 0.29) is 18.2 Å². The van der Waals surface area contributed by atoms with Gasteiger partial charge < -0.3 is 26.4 Å². The van der Waals surface area contributed by atoms with Crippen LogP contribution in [0.25, 0.3) is 16.6 Å². The van der Waals surface area contributed by atoms with Gasteiger partial charge in [0.15, 0.2) is 5.60 Å². The second-order valence-electron chi connectivity index (χ2n) is 9.53. The molecule has 1 heterocycles. The Labute approximate surface area is 211 Å². The third-order valence-corrected chi connectivity index (χ3v) is 6.39. The smallest absolute Gasteiger partial charge is 0.381 e. The second kappa shape index (κ2) is 10.0. The molecule has 1 aliphatic carbocycles. The highest BCUT2D eigenvalue weighted by Crippen LogP contribution is 2.35. The lowest BCUT2D eigenvalue weighted by Crippen LogP contribution is -2.57. The molecule has 4 rings (SSSR count). The van der Waals surface area contributed by atoms with E-state index in [1.165, 1.54) is 6.20 Å². The monoisotopic (exact) mass is 518 g/mol. The number of carbonyl (C=O) groups is 2. The molecule has 9 nitrogen and oxygen atoms in total. The van der Waals surface area contributed by atoms with Gasteiger partial charge in [-0.3, -0.25) is 9.59 Å². The first-order valence-electron chi connectivity index (χ1n) is 11.8. The van der Waals surface area contributed by atoms with Crippen LogP contribution in [0.15, 0.2) is 42.6 Å². The lowest BCUT2D eigenvalue weighted by atomic mass is 10.0. The number of nitrogens with one attached hydrogen (secondary N) is 2. The van der Waals surface area contributed by atoms with Crippen LogP contribution in [0.4, 0.5) is 18.9 Å². The SMILES string of the molecule is Cc1cc(NCC(O)(CN(C)C2CC2)C(F)(F)F)c2cnn(-c3cccc(C(=O)NCC(N)=O)c3)c2c1. The molecule has 0 saturated heterocycles. The maximum atomic E-state index is 13.9. The largest absolute Gasteiger partial charge is 0.420 e. The third-order valence-electron chi connectivity index (χ3n) is 6.39. The Morgan fingerprint density at radius 1 is 1.24 bits per heavy atom. The first-order valence-corrected chi connectivity index (χ1v) is 11.8. The molecule has 12 heteroatoms. The molecule has 0 radical (unpaired) electrons. The fourth-order valence-corrected chi connectivity index (χ4v) is 4.21. The highest BCUT2D eigenvalue weighted by molar-refractivity contribution is 5.97. The average Bonchev–Trinajstić information content (AvgIpc) is 3.60. The van der Waals surface area contributed by atoms with Crippen LogP contribution < -0.4 is 16.4 Å². The zero-order valence-corrected chi connectivity index (χ0v) is 20.5. The number of aromatic nitrogens is 2. The number of fused-ring (bicyclic) bond motifs is 1. The minimum atomic E-state index is -4.83. The summed E-state index contributed by atoms with van der Waals surface area (Å²) in [4.78, 5) is 24.9. The topological polar surface area (TPSA) is 126 Å². The number of amides is 2. The Hall–Kier alpha value is -3.64. The fourth-order valence-electron chi connectivity index (χ4n) is 4.21. The molecule has 1 unspecified atom stereocenters. The van der Waals surface area contributed by atoms with Gasteiger partial charge in [-0.1, -0.05) is 6.07 Å². The van der Waals surface area contributed by atoms with E-state index in [1.807, 2.05) is 6.07 Å². The zero-order valence-electron chi connectivity index (χ0n) is 20.5. The molecular formula is C25H29F3N6O3. The summed E-state index contributed by atoms with van der Waals surface area (Å²) in [5.41, 5.74) is 4.71. The lowest BCUT2D eigenvalue weighted by Gasteiger charge is -2.34. The minimum absolute atomic E-state index is 0.0615. The summed E-state index contributed by atoms with van der Waals surface area (Å²) in [6.07, 6.45) is -1.67. The van der Waals surface area contributed by atoms with Crippen molar-refractivity contribution in [2.45, 2.75) is 37.6 Å². The summed E-state index contributed by atoms with van der Waals surface area (Å²) in [5, 5.41) is 20.8. The maximum absolute atomic E-state index is 13.9. The van der Waals surface area contributed by atoms with Gasteiger partial charge in [-0.15, -0.1) is 0 Å². The maximum Gasteiger partial charge on any atom is 0.420 e. The number of aliphatic hydroxyl groups is 1. The number of carbonyl (C=O) groups excluding carboxylic acids is 2. The molecule has 1 atom stereocenters. The van der Waals surface area contributed by atoms with Crippen molar-refractivity contribution in [1.29, 1.82) is 0 Å². The zero-order chi connectivity index (χ0) is 27.0. The van der Waals surface area contributed by atoms with Gasteiger partial charge in [0.1, 0.15) is 0 Å². The van der Waals surface area contributed by atoms with E-state index in [4.69, 9.17) is 5.73 Å². The molecule has 1 aromatic heterocycles. The summed E-state index contributed by atoms with van der Waals surface area (Å²) in [6.45, 7) is 0.231. The van der Waals surface area contributed by atoms with Crippen LogP contribution in [0.2, 0.25) is 0 Å². The van der Waals surface area contributed by atoms with Crippen LogP contribution >= 0.6 is 0 Å². The molecule has 0 aliphatic heterocycles. The number of hydrogen-bond acceptors (Lipinski definition) is 6. The highest BCUT2D eigenvalue weighted by Gasteiger charge is 2.55. The van der Waals surface area contributed by atoms with Gasteiger partial charge in [0.25, 0.3) is 5.91 Å². The number of nitrogens with two attached hydrogens (primary N) is 1. The van der Waals surface area contributed by atoms with Crippen LogP contribution in [0.5, 0.6) is 0 Å². The molecule has 2 aromatic carbocycles. The first kappa shape index (κ1) is 26.4. The first-order chi connectivity index (χ1) is 17.4. The summed E-state index contributed by atoms with van der Waals surface area (Å²) < 4.78 is 43.2. The van der Waals surface area contributed by atoms with E-state index < -0.39 is 36.7 Å². The fraction of sp³-hybridized carbons (Fsp3) is 0.400. The van der Waals surface area contributed by atoms with E-state index in [9.17, 15) is 27.9 Å². The van der Waals surface area contributed by atoms with Crippen LogP contribution in [-0.4, -0.2) is 76.1 Å². The second-order valence-corrected chi connectivity index (χ2v) is 9.53. The standard InChI is InChI=1S/C25H29F3N6O3/c1-15-8-20(31-13-24(37,25(26,27)28)14-33(2)17-6-7-17)19-11-32-34(21(19)9-15)18-5-3-4-16(10-18)23(36)30-12-22(29)35/h3-5,8-11,17,31,37H,6-7,12-14H2,1-2H3,(H2,29,35)(H,30,36). The Morgan fingerprint density at radius 2 is 1.97 bits per heavy atom. The van der Waals surface area contributed by atoms with Gasteiger partial charge in [0.2, 0.25) is 5.91 Å². The van der Waals surface area contributed by atoms with Crippen molar-refractivity contribution in [3.8, 4) is 5.69 Å². The van der Waals surface area contributed by atoms with Crippen LogP contribution in [0, 0.1) is 6.92 Å². The van der Waals surface area contributed by atoms with Crippen molar-refractivity contribution < 1.29 is 27.9 Å². The number of hydrogen-bond donors (Lipinski definition) is 4. The van der Waals surface area contributed by atoms with Gasteiger partial charge in [0, 0.05) is 29.2 Å². The number of rotatable bonds is 10. The predicted molar refractivity (Wildman–Crippen MR) is 132 cm³/mol. The number of aryl methyl sites for hydroxylation is 1. The van der Waals surface area contributed by atoms with E-state index in [2.05, 4.69) is 15.7 Å². The van der Waals surface area contributed by atoms with Crippen LogP contribution in [0.1, 0.15) is 28.8 Å². The molecular weight excluding hydrogens is 489 g/mol. The molecule has 2 amide bonds. The molecule has 0 spiro atoms. The number of anilines is 1. The average molecular weight is 519 g/mol. The Morgan fingerprint density at radius 3 is 2.62 bits per heavy atom. The number of alkyl halides is 3. The molecule has 1 saturated carbocycles. The summed E-state index contributed by atoms with van der Waals surface area (Å²) in [5.74, 6) is -1.16. The molecule has 198 valence electrons. The predicted octanol–water partition coefficient (Wildman–Crippen LogP) is 2.35. The summed E-state index contributed by atoms with van der Waals surface area (Å²) in [6, 6.07) is 10.1. The molecule has 3 aromatic rings. The van der Waals surface area contributed by atoms with Crippen molar-refractivity contribution in [3.63, 3.8) is 0 Å². The van der Waals surface area contributed by atoms with E-state index in [0.717, 1.165) is 18.4 Å². The number of likely N-dealkylation sites (N-methyl/N-ethyl adjacent to an activating group) is 1. The van der Waals surface area contributed by atoms with Gasteiger partial charge in [-0.2, -0.15) is 18.3 Å². The molecule has 1 fully saturated rings. The van der Waals surface area contributed by atoms with Crippen molar-refractivity contribution in [2.24, 2.45) is 5.73 Å². The number of nitrogens with zero attached hydrogens (tertiary/aromatic N) is 3. The van der Waals surface area contributed by atoms with Crippen molar-refractivity contribution in [1.82, 2.24) is 20.0 Å². The molecule has 1 aliphatic rings. The quantitative estimate of drug-likeness (QED) is 0.327. The van der Waals surface area contributed by atoms with Crippen molar-refractivity contribution in [3.05, 3.63) is 53.7 Å². The molecule has 0 bridgehead atoms. The van der Waals surface area contributed by atoms with E-state index >= 15 is 0 Å². The number of primary amides is 1. The van der Waals surface area contributed by atoms with E-state index in [1.54, 1.807) is 53.9 Å². The Balaban J connectivity index is 1.61. The van der Waals surface area contributed by atoms with E-state index in [0.29, 0.717) is 22.3 Å². The molecule has 37 heavy (non-hydrogen) atoms. The van der Waals surface area contributed by atoms with Crippen LogP contribution in [0.3, 0.4) is 0 Å². The number of halogens is 3.